The van der Waals surface area contributed by atoms with Gasteiger partial charge in [0.15, 0.2) is 0 Å². The van der Waals surface area contributed by atoms with Gasteiger partial charge in [0, 0.05) is 11.4 Å². The van der Waals surface area contributed by atoms with E-state index in [1.165, 1.54) is 0 Å². The first-order valence-electron chi connectivity index (χ1n) is 5.23. The van der Waals surface area contributed by atoms with E-state index in [1.54, 1.807) is 0 Å². The molecule has 0 amide bonds. The van der Waals surface area contributed by atoms with E-state index in [0.29, 0.717) is 5.92 Å². The highest BCUT2D eigenvalue weighted by Crippen LogP contribution is 2.13. The van der Waals surface area contributed by atoms with Crippen LogP contribution in [0.3, 0.4) is 0 Å². The molecule has 0 aromatic heterocycles. The fourth-order valence-electron chi connectivity index (χ4n) is 1.48. The average Bonchev–Trinajstić information content (AvgIpc) is 2.46. The van der Waals surface area contributed by atoms with Crippen LogP contribution in [-0.2, 0) is 0 Å². The minimum atomic E-state index is 0.510. The number of nitrogens with one attached hydrogen (secondary N) is 1. The van der Waals surface area contributed by atoms with Crippen molar-refractivity contribution in [1.82, 2.24) is 0 Å². The lowest BCUT2D eigenvalue weighted by Gasteiger charge is -2.05. The molecule has 0 bridgehead atoms. The molecule has 0 heterocycles. The van der Waals surface area contributed by atoms with Crippen LogP contribution in [0.25, 0.3) is 0 Å². The maximum Gasteiger partial charge on any atom is 0.0384 e. The third-order valence-electron chi connectivity index (χ3n) is 2.33. The second kappa shape index (κ2) is 4.65. The monoisotopic (exact) mass is 197 g/mol. The zero-order valence-electron chi connectivity index (χ0n) is 8.85. The number of para-hydroxylation sites is 1. The molecular weight excluding hydrogens is 182 g/mol. The van der Waals surface area contributed by atoms with Crippen molar-refractivity contribution < 1.29 is 0 Å². The first-order valence-corrected chi connectivity index (χ1v) is 5.23. The fourth-order valence-corrected chi connectivity index (χ4v) is 1.48. The molecule has 1 aliphatic rings. The van der Waals surface area contributed by atoms with Gasteiger partial charge in [-0.1, -0.05) is 43.4 Å². The Balaban J connectivity index is 2.10. The number of rotatable bonds is 2. The Morgan fingerprint density at radius 3 is 2.67 bits per heavy atom. The average molecular weight is 197 g/mol. The summed E-state index contributed by atoms with van der Waals surface area (Å²) in [6, 6.07) is 10.2. The van der Waals surface area contributed by atoms with Crippen molar-refractivity contribution in [1.29, 1.82) is 0 Å². The largest absolute Gasteiger partial charge is 0.356 e. The van der Waals surface area contributed by atoms with Gasteiger partial charge in [0.05, 0.1) is 0 Å². The zero-order valence-corrected chi connectivity index (χ0v) is 8.85. The van der Waals surface area contributed by atoms with Crippen LogP contribution in [0.2, 0.25) is 0 Å². The summed E-state index contributed by atoms with van der Waals surface area (Å²) in [5.41, 5.74) is 2.25. The van der Waals surface area contributed by atoms with Crippen molar-refractivity contribution in [2.45, 2.75) is 6.92 Å². The smallest absolute Gasteiger partial charge is 0.0384 e. The number of hydrogen-bond acceptors (Lipinski definition) is 1. The van der Waals surface area contributed by atoms with Crippen LogP contribution < -0.4 is 5.32 Å². The Morgan fingerprint density at radius 1 is 1.07 bits per heavy atom. The number of hydrogen-bond donors (Lipinski definition) is 1. The summed E-state index contributed by atoms with van der Waals surface area (Å²) in [5, 5.41) is 3.36. The van der Waals surface area contributed by atoms with Crippen molar-refractivity contribution in [2.75, 3.05) is 5.32 Å². The molecule has 0 radical (unpaired) electrons. The topological polar surface area (TPSA) is 12.0 Å². The van der Waals surface area contributed by atoms with E-state index in [1.807, 2.05) is 18.2 Å². The zero-order chi connectivity index (χ0) is 10.5. The number of anilines is 1. The van der Waals surface area contributed by atoms with Gasteiger partial charge in [-0.25, -0.2) is 0 Å². The van der Waals surface area contributed by atoms with Gasteiger partial charge in [0.1, 0.15) is 0 Å². The minimum Gasteiger partial charge on any atom is -0.356 e. The van der Waals surface area contributed by atoms with Gasteiger partial charge < -0.3 is 5.32 Å². The quantitative estimate of drug-likeness (QED) is 0.761. The second-order valence-electron chi connectivity index (χ2n) is 3.72. The van der Waals surface area contributed by atoms with Gasteiger partial charge in [0.2, 0.25) is 0 Å². The third kappa shape index (κ3) is 2.84. The maximum absolute atomic E-state index is 3.36. The molecule has 0 fully saturated rings. The number of allylic oxidation sites excluding steroid dienone is 5. The summed E-state index contributed by atoms with van der Waals surface area (Å²) in [7, 11) is 0. The van der Waals surface area contributed by atoms with Crippen molar-refractivity contribution in [3.63, 3.8) is 0 Å². The molecule has 0 aliphatic heterocycles. The van der Waals surface area contributed by atoms with Crippen molar-refractivity contribution in [2.24, 2.45) is 5.92 Å². The Morgan fingerprint density at radius 2 is 1.87 bits per heavy atom. The van der Waals surface area contributed by atoms with E-state index in [-0.39, 0.29) is 0 Å². The van der Waals surface area contributed by atoms with Crippen LogP contribution in [0.1, 0.15) is 6.92 Å². The van der Waals surface area contributed by atoms with Gasteiger partial charge >= 0.3 is 0 Å². The Kier molecular flexibility index (Phi) is 3.03. The van der Waals surface area contributed by atoms with Gasteiger partial charge in [0.25, 0.3) is 0 Å². The predicted octanol–water partition coefficient (Wildman–Crippen LogP) is 3.74. The molecule has 1 N–H and O–H groups in total. The van der Waals surface area contributed by atoms with E-state index in [4.69, 9.17) is 0 Å². The number of benzene rings is 1. The molecule has 1 aliphatic carbocycles. The standard InChI is InChI=1S/C14H15N/c1-12-6-5-9-14(11-10-12)15-13-7-3-2-4-8-13/h2-12,15H,1H3. The van der Waals surface area contributed by atoms with Gasteiger partial charge in [-0.3, -0.25) is 0 Å². The molecule has 0 saturated heterocycles. The molecule has 76 valence electrons. The molecule has 0 spiro atoms. The summed E-state index contributed by atoms with van der Waals surface area (Å²) in [5.74, 6) is 0.510. The highest BCUT2D eigenvalue weighted by atomic mass is 14.9. The molecular formula is C14H15N. The van der Waals surface area contributed by atoms with E-state index in [0.717, 1.165) is 11.4 Å². The Labute approximate surface area is 90.8 Å². The maximum atomic E-state index is 3.36. The summed E-state index contributed by atoms with van der Waals surface area (Å²) in [4.78, 5) is 0. The fraction of sp³-hybridized carbons (Fsp3) is 0.143. The summed E-state index contributed by atoms with van der Waals surface area (Å²) in [6.45, 7) is 2.17. The molecule has 1 heteroatoms. The van der Waals surface area contributed by atoms with E-state index in [2.05, 4.69) is 54.8 Å². The van der Waals surface area contributed by atoms with Gasteiger partial charge in [-0.2, -0.15) is 0 Å². The van der Waals surface area contributed by atoms with Gasteiger partial charge in [-0.15, -0.1) is 0 Å². The van der Waals surface area contributed by atoms with Crippen LogP contribution in [-0.4, -0.2) is 0 Å². The van der Waals surface area contributed by atoms with Gasteiger partial charge in [-0.05, 0) is 30.2 Å². The summed E-state index contributed by atoms with van der Waals surface area (Å²) in [6.07, 6.45) is 10.7. The van der Waals surface area contributed by atoms with Crippen LogP contribution >= 0.6 is 0 Å². The van der Waals surface area contributed by atoms with Crippen molar-refractivity contribution in [3.05, 3.63) is 66.4 Å². The molecule has 1 unspecified atom stereocenters. The molecule has 1 nitrogen and oxygen atoms in total. The SMILES string of the molecule is CC1C=CC=C(Nc2ccccc2)C=C1. The van der Waals surface area contributed by atoms with E-state index < -0.39 is 0 Å². The highest BCUT2D eigenvalue weighted by Gasteiger charge is 1.97. The molecule has 1 aromatic carbocycles. The lowest BCUT2D eigenvalue weighted by molar-refractivity contribution is 0.942. The Hall–Kier alpha value is -1.76. The van der Waals surface area contributed by atoms with Crippen LogP contribution in [0, 0.1) is 5.92 Å². The van der Waals surface area contributed by atoms with Crippen LogP contribution in [0.15, 0.2) is 66.4 Å². The van der Waals surface area contributed by atoms with Crippen LogP contribution in [0.4, 0.5) is 5.69 Å². The van der Waals surface area contributed by atoms with Crippen molar-refractivity contribution in [3.8, 4) is 0 Å². The molecule has 1 atom stereocenters. The summed E-state index contributed by atoms with van der Waals surface area (Å²) < 4.78 is 0. The lowest BCUT2D eigenvalue weighted by Crippen LogP contribution is -1.95. The molecule has 2 rings (SSSR count). The van der Waals surface area contributed by atoms with E-state index in [9.17, 15) is 0 Å². The summed E-state index contributed by atoms with van der Waals surface area (Å²) >= 11 is 0. The highest BCUT2D eigenvalue weighted by molar-refractivity contribution is 5.51. The second-order valence-corrected chi connectivity index (χ2v) is 3.72. The first kappa shape index (κ1) is 9.78. The van der Waals surface area contributed by atoms with Crippen LogP contribution in [0.5, 0.6) is 0 Å². The molecule has 1 aromatic rings. The Bertz CT molecular complexity index is 399. The third-order valence-corrected chi connectivity index (χ3v) is 2.33. The normalized spacial score (nSPS) is 19.5. The van der Waals surface area contributed by atoms with E-state index >= 15 is 0 Å². The van der Waals surface area contributed by atoms with Crippen molar-refractivity contribution >= 4 is 5.69 Å². The molecule has 15 heavy (non-hydrogen) atoms. The first-order chi connectivity index (χ1) is 7.34. The predicted molar refractivity (Wildman–Crippen MR) is 65.6 cm³/mol. The minimum absolute atomic E-state index is 0.510. The lowest BCUT2D eigenvalue weighted by atomic mass is 10.2. The molecule has 0 saturated carbocycles.